The van der Waals surface area contributed by atoms with E-state index < -0.39 is 0 Å². The van der Waals surface area contributed by atoms with Crippen molar-refractivity contribution >= 4 is 5.69 Å². The highest BCUT2D eigenvalue weighted by Gasteiger charge is 2.17. The van der Waals surface area contributed by atoms with Crippen LogP contribution >= 0.6 is 0 Å². The molecule has 1 unspecified atom stereocenters. The molecule has 1 aliphatic rings. The lowest BCUT2D eigenvalue weighted by atomic mass is 9.84. The second-order valence-corrected chi connectivity index (χ2v) is 4.19. The molecular formula is C12H18N2. The van der Waals surface area contributed by atoms with E-state index in [1.165, 1.54) is 30.4 Å². The molecule has 1 aromatic carbocycles. The Morgan fingerprint density at radius 2 is 2.29 bits per heavy atom. The normalized spacial score (nSPS) is 20.5. The number of hydrogen-bond acceptors (Lipinski definition) is 2. The minimum absolute atomic E-state index is 0.802. The summed E-state index contributed by atoms with van der Waals surface area (Å²) in [5.74, 6) is 0.802. The lowest BCUT2D eigenvalue weighted by molar-refractivity contribution is 0.440. The maximum Gasteiger partial charge on any atom is 0.0316 e. The Morgan fingerprint density at radius 1 is 1.43 bits per heavy atom. The Bertz CT molecular complexity index is 320. The molecular weight excluding hydrogens is 172 g/mol. The van der Waals surface area contributed by atoms with E-state index >= 15 is 0 Å². The van der Waals surface area contributed by atoms with Crippen molar-refractivity contribution in [1.29, 1.82) is 0 Å². The Balaban J connectivity index is 2.15. The van der Waals surface area contributed by atoms with Crippen LogP contribution in [0.2, 0.25) is 0 Å². The van der Waals surface area contributed by atoms with Crippen molar-refractivity contribution in [3.8, 4) is 0 Å². The van der Waals surface area contributed by atoms with Gasteiger partial charge in [0.1, 0.15) is 0 Å². The van der Waals surface area contributed by atoms with Crippen molar-refractivity contribution < 1.29 is 0 Å². The van der Waals surface area contributed by atoms with Crippen LogP contribution in [0, 0.1) is 5.92 Å². The third-order valence-corrected chi connectivity index (χ3v) is 3.05. The van der Waals surface area contributed by atoms with E-state index in [0.29, 0.717) is 0 Å². The number of benzene rings is 1. The standard InChI is InChI=1S/C12H18N2/c1-14-8-9-2-3-11-7-12(13)5-4-10(11)6-9/h4-5,7,9,14H,2-3,6,8,13H2,1H3. The molecule has 1 aliphatic carbocycles. The first-order chi connectivity index (χ1) is 6.79. The maximum absolute atomic E-state index is 5.76. The zero-order chi connectivity index (χ0) is 9.97. The van der Waals surface area contributed by atoms with Gasteiger partial charge in [-0.2, -0.15) is 0 Å². The largest absolute Gasteiger partial charge is 0.399 e. The highest BCUT2D eigenvalue weighted by Crippen LogP contribution is 2.26. The maximum atomic E-state index is 5.76. The molecule has 0 spiro atoms. The summed E-state index contributed by atoms with van der Waals surface area (Å²) in [6, 6.07) is 6.33. The van der Waals surface area contributed by atoms with Crippen LogP contribution in [0.4, 0.5) is 5.69 Å². The van der Waals surface area contributed by atoms with Crippen molar-refractivity contribution in [2.24, 2.45) is 5.92 Å². The molecule has 1 aromatic rings. The first-order valence-corrected chi connectivity index (χ1v) is 5.31. The number of fused-ring (bicyclic) bond motifs is 1. The van der Waals surface area contributed by atoms with Gasteiger partial charge in [-0.15, -0.1) is 0 Å². The zero-order valence-corrected chi connectivity index (χ0v) is 8.72. The van der Waals surface area contributed by atoms with E-state index in [1.54, 1.807) is 0 Å². The fourth-order valence-electron chi connectivity index (χ4n) is 2.31. The predicted molar refractivity (Wildman–Crippen MR) is 60.3 cm³/mol. The summed E-state index contributed by atoms with van der Waals surface area (Å²) in [5.41, 5.74) is 9.61. The van der Waals surface area contributed by atoms with Crippen LogP contribution in [0.25, 0.3) is 0 Å². The Morgan fingerprint density at radius 3 is 3.07 bits per heavy atom. The molecule has 14 heavy (non-hydrogen) atoms. The van der Waals surface area contributed by atoms with E-state index in [4.69, 9.17) is 5.73 Å². The Hall–Kier alpha value is -1.02. The van der Waals surface area contributed by atoms with Crippen LogP contribution in [-0.2, 0) is 12.8 Å². The molecule has 2 heteroatoms. The predicted octanol–water partition coefficient (Wildman–Crippen LogP) is 1.59. The fraction of sp³-hybridized carbons (Fsp3) is 0.500. The van der Waals surface area contributed by atoms with E-state index in [-0.39, 0.29) is 0 Å². The second kappa shape index (κ2) is 4.01. The van der Waals surface area contributed by atoms with Gasteiger partial charge in [0, 0.05) is 5.69 Å². The summed E-state index contributed by atoms with van der Waals surface area (Å²) in [4.78, 5) is 0. The number of nitrogens with two attached hydrogens (primary N) is 1. The quantitative estimate of drug-likeness (QED) is 0.695. The van der Waals surface area contributed by atoms with Crippen molar-refractivity contribution in [1.82, 2.24) is 5.32 Å². The van der Waals surface area contributed by atoms with E-state index in [2.05, 4.69) is 17.4 Å². The summed E-state index contributed by atoms with van der Waals surface area (Å²) >= 11 is 0. The lowest BCUT2D eigenvalue weighted by Crippen LogP contribution is -2.24. The molecule has 0 fully saturated rings. The monoisotopic (exact) mass is 190 g/mol. The van der Waals surface area contributed by atoms with E-state index in [0.717, 1.165) is 18.2 Å². The molecule has 76 valence electrons. The van der Waals surface area contributed by atoms with Crippen molar-refractivity contribution in [2.75, 3.05) is 19.3 Å². The molecule has 0 aromatic heterocycles. The average molecular weight is 190 g/mol. The van der Waals surface area contributed by atoms with Gasteiger partial charge in [-0.1, -0.05) is 6.07 Å². The number of rotatable bonds is 2. The van der Waals surface area contributed by atoms with Gasteiger partial charge in [-0.25, -0.2) is 0 Å². The highest BCUT2D eigenvalue weighted by atomic mass is 14.8. The Labute approximate surface area is 85.5 Å². The summed E-state index contributed by atoms with van der Waals surface area (Å²) in [6.07, 6.45) is 3.68. The van der Waals surface area contributed by atoms with Gasteiger partial charge < -0.3 is 11.1 Å². The number of aryl methyl sites for hydroxylation is 1. The van der Waals surface area contributed by atoms with Gasteiger partial charge in [0.2, 0.25) is 0 Å². The van der Waals surface area contributed by atoms with Crippen LogP contribution < -0.4 is 11.1 Å². The van der Waals surface area contributed by atoms with Crippen molar-refractivity contribution in [3.63, 3.8) is 0 Å². The summed E-state index contributed by atoms with van der Waals surface area (Å²) in [6.45, 7) is 1.13. The lowest BCUT2D eigenvalue weighted by Gasteiger charge is -2.24. The smallest absolute Gasteiger partial charge is 0.0316 e. The summed E-state index contributed by atoms with van der Waals surface area (Å²) in [5, 5.41) is 3.25. The van der Waals surface area contributed by atoms with Crippen molar-refractivity contribution in [2.45, 2.75) is 19.3 Å². The molecule has 0 amide bonds. The van der Waals surface area contributed by atoms with E-state index in [9.17, 15) is 0 Å². The SMILES string of the molecule is CNCC1CCc2cc(N)ccc2C1. The summed E-state index contributed by atoms with van der Waals surface area (Å²) in [7, 11) is 2.03. The van der Waals surface area contributed by atoms with Gasteiger partial charge >= 0.3 is 0 Å². The number of hydrogen-bond donors (Lipinski definition) is 2. The molecule has 0 radical (unpaired) electrons. The average Bonchev–Trinajstić information content (AvgIpc) is 2.19. The minimum atomic E-state index is 0.802. The molecule has 0 saturated carbocycles. The van der Waals surface area contributed by atoms with E-state index in [1.807, 2.05) is 13.1 Å². The van der Waals surface area contributed by atoms with Crippen LogP contribution in [-0.4, -0.2) is 13.6 Å². The number of nitrogens with one attached hydrogen (secondary N) is 1. The molecule has 0 aliphatic heterocycles. The minimum Gasteiger partial charge on any atom is -0.399 e. The molecule has 2 nitrogen and oxygen atoms in total. The molecule has 0 saturated heterocycles. The number of anilines is 1. The van der Waals surface area contributed by atoms with Gasteiger partial charge in [0.15, 0.2) is 0 Å². The third kappa shape index (κ3) is 1.90. The van der Waals surface area contributed by atoms with Crippen LogP contribution in [0.3, 0.4) is 0 Å². The van der Waals surface area contributed by atoms with Crippen LogP contribution in [0.5, 0.6) is 0 Å². The third-order valence-electron chi connectivity index (χ3n) is 3.05. The van der Waals surface area contributed by atoms with Gasteiger partial charge in [-0.3, -0.25) is 0 Å². The van der Waals surface area contributed by atoms with Crippen LogP contribution in [0.15, 0.2) is 18.2 Å². The van der Waals surface area contributed by atoms with Gasteiger partial charge in [-0.05, 0) is 62.0 Å². The molecule has 1 atom stereocenters. The van der Waals surface area contributed by atoms with Crippen LogP contribution in [0.1, 0.15) is 17.5 Å². The number of nitrogen functional groups attached to an aromatic ring is 1. The van der Waals surface area contributed by atoms with Gasteiger partial charge in [0.25, 0.3) is 0 Å². The van der Waals surface area contributed by atoms with Gasteiger partial charge in [0.05, 0.1) is 0 Å². The molecule has 3 N–H and O–H groups in total. The first-order valence-electron chi connectivity index (χ1n) is 5.31. The Kier molecular flexibility index (Phi) is 2.73. The molecule has 0 heterocycles. The highest BCUT2D eigenvalue weighted by molar-refractivity contribution is 5.45. The zero-order valence-electron chi connectivity index (χ0n) is 8.72. The fourth-order valence-corrected chi connectivity index (χ4v) is 2.31. The first kappa shape index (κ1) is 9.53. The topological polar surface area (TPSA) is 38.0 Å². The summed E-state index contributed by atoms with van der Waals surface area (Å²) < 4.78 is 0. The van der Waals surface area contributed by atoms with Crippen molar-refractivity contribution in [3.05, 3.63) is 29.3 Å². The molecule has 0 bridgehead atoms. The molecule has 2 rings (SSSR count). The second-order valence-electron chi connectivity index (χ2n) is 4.19.